The Kier molecular flexibility index (Phi) is 3.70. The Labute approximate surface area is 85.6 Å². The smallest absolute Gasteiger partial charge is 0.272 e. The lowest BCUT2D eigenvalue weighted by atomic mass is 10.2. The van der Waals surface area contributed by atoms with Crippen molar-refractivity contribution in [3.63, 3.8) is 0 Å². The summed E-state index contributed by atoms with van der Waals surface area (Å²) in [4.78, 5) is 9.68. The van der Waals surface area contributed by atoms with Gasteiger partial charge in [0.1, 0.15) is 5.82 Å². The second-order valence-electron chi connectivity index (χ2n) is 2.77. The Morgan fingerprint density at radius 2 is 2.00 bits per heavy atom. The maximum Gasteiger partial charge on any atom is 0.272 e. The molecule has 0 unspecified atom stereocenters. The standard InChI is InChI=1S/C9H10FNO4/c1-14-9(15-2)7-4-3-6(11(12)13)5-8(7)10/h3-5,9H,1-2H3. The maximum absolute atomic E-state index is 13.4. The number of nitro groups is 1. The monoisotopic (exact) mass is 215 g/mol. The van der Waals surface area contributed by atoms with Gasteiger partial charge in [0, 0.05) is 25.8 Å². The van der Waals surface area contributed by atoms with Gasteiger partial charge < -0.3 is 9.47 Å². The summed E-state index contributed by atoms with van der Waals surface area (Å²) in [5.74, 6) is -0.724. The Morgan fingerprint density at radius 1 is 1.40 bits per heavy atom. The third-order valence-corrected chi connectivity index (χ3v) is 1.88. The van der Waals surface area contributed by atoms with E-state index in [9.17, 15) is 14.5 Å². The summed E-state index contributed by atoms with van der Waals surface area (Å²) in [5.41, 5.74) is -0.173. The molecule has 0 atom stereocenters. The highest BCUT2D eigenvalue weighted by molar-refractivity contribution is 5.34. The van der Waals surface area contributed by atoms with Gasteiger partial charge in [0.15, 0.2) is 6.29 Å². The van der Waals surface area contributed by atoms with Crippen LogP contribution in [0.1, 0.15) is 11.9 Å². The van der Waals surface area contributed by atoms with Gasteiger partial charge in [0.2, 0.25) is 0 Å². The first-order valence-electron chi connectivity index (χ1n) is 4.09. The van der Waals surface area contributed by atoms with Crippen LogP contribution in [0.15, 0.2) is 18.2 Å². The van der Waals surface area contributed by atoms with Crippen molar-refractivity contribution in [2.45, 2.75) is 6.29 Å². The molecule has 0 aliphatic carbocycles. The number of ether oxygens (including phenoxy) is 2. The number of methoxy groups -OCH3 is 2. The molecular weight excluding hydrogens is 205 g/mol. The molecule has 1 aromatic rings. The topological polar surface area (TPSA) is 61.6 Å². The Balaban J connectivity index is 3.07. The predicted molar refractivity (Wildman–Crippen MR) is 49.8 cm³/mol. The number of non-ortho nitro benzene ring substituents is 1. The highest BCUT2D eigenvalue weighted by atomic mass is 19.1. The quantitative estimate of drug-likeness (QED) is 0.438. The molecule has 0 N–H and O–H groups in total. The van der Waals surface area contributed by atoms with Gasteiger partial charge >= 0.3 is 0 Å². The molecule has 1 rings (SSSR count). The third kappa shape index (κ3) is 2.48. The van der Waals surface area contributed by atoms with Crippen molar-refractivity contribution < 1.29 is 18.8 Å². The van der Waals surface area contributed by atoms with Crippen LogP contribution in [-0.4, -0.2) is 19.1 Å². The van der Waals surface area contributed by atoms with Crippen molar-refractivity contribution >= 4 is 5.69 Å². The fourth-order valence-corrected chi connectivity index (χ4v) is 1.17. The molecule has 5 nitrogen and oxygen atoms in total. The van der Waals surface area contributed by atoms with Crippen LogP contribution in [0, 0.1) is 15.9 Å². The van der Waals surface area contributed by atoms with Crippen molar-refractivity contribution in [1.82, 2.24) is 0 Å². The second-order valence-corrected chi connectivity index (χ2v) is 2.77. The summed E-state index contributed by atoms with van der Waals surface area (Å²) >= 11 is 0. The first-order valence-corrected chi connectivity index (χ1v) is 4.09. The molecular formula is C9H10FNO4. The molecule has 0 spiro atoms. The zero-order chi connectivity index (χ0) is 11.4. The summed E-state index contributed by atoms with van der Waals surface area (Å²) < 4.78 is 23.0. The Bertz CT molecular complexity index is 365. The van der Waals surface area contributed by atoms with E-state index in [0.29, 0.717) is 0 Å². The molecule has 1 aromatic carbocycles. The minimum Gasteiger partial charge on any atom is -0.352 e. The molecule has 0 aliphatic heterocycles. The van der Waals surface area contributed by atoms with Crippen molar-refractivity contribution in [3.05, 3.63) is 39.7 Å². The average molecular weight is 215 g/mol. The van der Waals surface area contributed by atoms with E-state index in [1.807, 2.05) is 0 Å². The Hall–Kier alpha value is -1.53. The second kappa shape index (κ2) is 4.81. The van der Waals surface area contributed by atoms with Gasteiger partial charge in [0.25, 0.3) is 5.69 Å². The van der Waals surface area contributed by atoms with Gasteiger partial charge in [-0.3, -0.25) is 10.1 Å². The lowest BCUT2D eigenvalue weighted by molar-refractivity contribution is -0.385. The highest BCUT2D eigenvalue weighted by Crippen LogP contribution is 2.24. The summed E-state index contributed by atoms with van der Waals surface area (Å²) in [6.45, 7) is 0. The highest BCUT2D eigenvalue weighted by Gasteiger charge is 2.17. The molecule has 0 radical (unpaired) electrons. The van der Waals surface area contributed by atoms with Crippen LogP contribution in [0.4, 0.5) is 10.1 Å². The van der Waals surface area contributed by atoms with E-state index in [1.54, 1.807) is 0 Å². The maximum atomic E-state index is 13.4. The van der Waals surface area contributed by atoms with E-state index in [0.717, 1.165) is 6.07 Å². The van der Waals surface area contributed by atoms with Gasteiger partial charge in [-0.15, -0.1) is 0 Å². The largest absolute Gasteiger partial charge is 0.352 e. The summed E-state index contributed by atoms with van der Waals surface area (Å²) in [5, 5.41) is 10.3. The number of halogens is 1. The zero-order valence-corrected chi connectivity index (χ0v) is 8.27. The molecule has 0 saturated carbocycles. The van der Waals surface area contributed by atoms with E-state index in [4.69, 9.17) is 9.47 Å². The van der Waals surface area contributed by atoms with Crippen molar-refractivity contribution in [1.29, 1.82) is 0 Å². The molecule has 0 aromatic heterocycles. The van der Waals surface area contributed by atoms with E-state index >= 15 is 0 Å². The summed E-state index contributed by atoms with van der Waals surface area (Å²) in [6.07, 6.45) is -0.856. The summed E-state index contributed by atoms with van der Waals surface area (Å²) in [6, 6.07) is 3.30. The van der Waals surface area contributed by atoms with Crippen molar-refractivity contribution in [3.8, 4) is 0 Å². The lowest BCUT2D eigenvalue weighted by Gasteiger charge is -2.13. The van der Waals surface area contributed by atoms with Crippen LogP contribution in [0.2, 0.25) is 0 Å². The number of benzene rings is 1. The van der Waals surface area contributed by atoms with Gasteiger partial charge in [-0.2, -0.15) is 0 Å². The Morgan fingerprint density at radius 3 is 2.40 bits per heavy atom. The van der Waals surface area contributed by atoms with Crippen LogP contribution >= 0.6 is 0 Å². The third-order valence-electron chi connectivity index (χ3n) is 1.88. The molecule has 82 valence electrons. The minimum atomic E-state index is -0.856. The number of rotatable bonds is 4. The molecule has 15 heavy (non-hydrogen) atoms. The van der Waals surface area contributed by atoms with Crippen LogP contribution in [-0.2, 0) is 9.47 Å². The van der Waals surface area contributed by atoms with E-state index in [1.165, 1.54) is 26.4 Å². The average Bonchev–Trinajstić information content (AvgIpc) is 2.21. The molecule has 0 amide bonds. The number of hydrogen-bond acceptors (Lipinski definition) is 4. The van der Waals surface area contributed by atoms with Gasteiger partial charge in [-0.1, -0.05) is 0 Å². The zero-order valence-electron chi connectivity index (χ0n) is 8.27. The van der Waals surface area contributed by atoms with Crippen LogP contribution in [0.25, 0.3) is 0 Å². The lowest BCUT2D eigenvalue weighted by Crippen LogP contribution is -2.06. The fourth-order valence-electron chi connectivity index (χ4n) is 1.17. The van der Waals surface area contributed by atoms with Crippen molar-refractivity contribution in [2.24, 2.45) is 0 Å². The van der Waals surface area contributed by atoms with Gasteiger partial charge in [0.05, 0.1) is 11.0 Å². The fraction of sp³-hybridized carbons (Fsp3) is 0.333. The van der Waals surface area contributed by atoms with Crippen LogP contribution in [0.5, 0.6) is 0 Å². The number of hydrogen-bond donors (Lipinski definition) is 0. The molecule has 0 saturated heterocycles. The van der Waals surface area contributed by atoms with E-state index in [-0.39, 0.29) is 11.3 Å². The molecule has 6 heteroatoms. The first kappa shape index (κ1) is 11.5. The van der Waals surface area contributed by atoms with Gasteiger partial charge in [-0.05, 0) is 6.07 Å². The molecule has 0 heterocycles. The van der Waals surface area contributed by atoms with E-state index in [2.05, 4.69) is 0 Å². The summed E-state index contributed by atoms with van der Waals surface area (Å²) in [7, 11) is 2.71. The van der Waals surface area contributed by atoms with Gasteiger partial charge in [-0.25, -0.2) is 4.39 Å². The number of nitrogens with zero attached hydrogens (tertiary/aromatic N) is 1. The van der Waals surface area contributed by atoms with Crippen LogP contribution < -0.4 is 0 Å². The number of nitro benzene ring substituents is 1. The molecule has 0 fully saturated rings. The normalized spacial score (nSPS) is 10.7. The first-order chi connectivity index (χ1) is 7.10. The minimum absolute atomic E-state index is 0.130. The molecule has 0 aliphatic rings. The molecule has 0 bridgehead atoms. The SMILES string of the molecule is COC(OC)c1ccc([N+](=O)[O-])cc1F. The van der Waals surface area contributed by atoms with Crippen LogP contribution in [0.3, 0.4) is 0 Å². The van der Waals surface area contributed by atoms with Crippen molar-refractivity contribution in [2.75, 3.05) is 14.2 Å². The van der Waals surface area contributed by atoms with E-state index < -0.39 is 17.0 Å². The predicted octanol–water partition coefficient (Wildman–Crippen LogP) is 2.03.